The number of hydrogen-bond donors (Lipinski definition) is 2. The van der Waals surface area contributed by atoms with Crippen molar-refractivity contribution in [1.29, 1.82) is 0 Å². The second-order valence-electron chi connectivity index (χ2n) is 12.4. The van der Waals surface area contributed by atoms with Gasteiger partial charge >= 0.3 is 18.3 Å². The Kier molecular flexibility index (Phi) is 12.4. The van der Waals surface area contributed by atoms with Crippen LogP contribution in [0, 0.1) is 0 Å². The standard InChI is InChI=1S/C28H37N3O3.2C2HF3O2/c1-31(2,15-14-29)21-17-30-24-16-20(28(32)33)12-13-22(24)26(19-8-4-3-5-9-19)27(30)23-10-6-7-11-25(23)34-18-21;2*3-2(4,5)1(6)7/h7,11-13,16,19,21H,3-6,8-10,14-15,17-18,29H2,1-2H3;2*(H,6,7). The minimum Gasteiger partial charge on any atom is -0.542 e. The molecule has 2 heterocycles. The van der Waals surface area contributed by atoms with Gasteiger partial charge in [0.25, 0.3) is 0 Å². The van der Waals surface area contributed by atoms with Crippen LogP contribution >= 0.6 is 0 Å². The van der Waals surface area contributed by atoms with Gasteiger partial charge in [-0.25, -0.2) is 4.79 Å². The van der Waals surface area contributed by atoms with E-state index in [1.54, 1.807) is 6.07 Å². The summed E-state index contributed by atoms with van der Waals surface area (Å²) in [7, 11) is 4.53. The number of hydrogen-bond acceptors (Lipinski definition) is 6. The van der Waals surface area contributed by atoms with Crippen molar-refractivity contribution in [2.24, 2.45) is 0 Å². The highest BCUT2D eigenvalue weighted by Gasteiger charge is 2.37. The molecule has 0 bridgehead atoms. The van der Waals surface area contributed by atoms with Crippen LogP contribution in [0.4, 0.5) is 26.3 Å². The number of aliphatic carboxylic acids is 2. The van der Waals surface area contributed by atoms with E-state index in [9.17, 15) is 36.2 Å². The Labute approximate surface area is 272 Å². The molecule has 1 atom stereocenters. The van der Waals surface area contributed by atoms with Gasteiger partial charge in [0.15, 0.2) is 0 Å². The van der Waals surface area contributed by atoms with Crippen molar-refractivity contribution in [2.75, 3.05) is 33.8 Å². The van der Waals surface area contributed by atoms with Crippen LogP contribution in [0.15, 0.2) is 36.1 Å². The van der Waals surface area contributed by atoms with E-state index in [2.05, 4.69) is 42.6 Å². The van der Waals surface area contributed by atoms with Crippen LogP contribution < -0.4 is 15.9 Å². The second kappa shape index (κ2) is 15.4. The van der Waals surface area contributed by atoms with E-state index in [1.165, 1.54) is 54.3 Å². The number of nitrogens with zero attached hydrogens (tertiary/aromatic N) is 2. The fraction of sp³-hybridized carbons (Fsp3) is 0.531. The molecule has 5 rings (SSSR count). The molecule has 16 heteroatoms. The van der Waals surface area contributed by atoms with Gasteiger partial charge in [-0.2, -0.15) is 26.3 Å². The van der Waals surface area contributed by atoms with E-state index in [4.69, 9.17) is 24.5 Å². The molecule has 0 radical (unpaired) electrons. The zero-order chi connectivity index (χ0) is 36.0. The van der Waals surface area contributed by atoms with Gasteiger partial charge in [0.05, 0.1) is 31.9 Å². The highest BCUT2D eigenvalue weighted by atomic mass is 19.4. The molecular formula is C32H39F6N3O7. The third kappa shape index (κ3) is 9.30. The minimum absolute atomic E-state index is 0.244. The Hall–Kier alpha value is -4.05. The number of aromatic carboxylic acids is 1. The molecule has 1 fully saturated rings. The number of halogens is 6. The largest absolute Gasteiger partial charge is 0.542 e. The SMILES string of the molecule is C[N+](C)(CC[NH3+])C1COC2=C(CCC=C2)c2c(C3CCCCC3)c3ccc(C(=O)O)cc3n2C1.O=C([O-])C(F)(F)F.O=C([O-])C(F)(F)F. The van der Waals surface area contributed by atoms with Gasteiger partial charge < -0.3 is 44.4 Å². The second-order valence-corrected chi connectivity index (χ2v) is 12.4. The highest BCUT2D eigenvalue weighted by molar-refractivity contribution is 5.97. The van der Waals surface area contributed by atoms with Gasteiger partial charge in [0.2, 0.25) is 0 Å². The molecule has 2 aromatic rings. The summed E-state index contributed by atoms with van der Waals surface area (Å²) in [6.07, 6.45) is 2.24. The first-order valence-electron chi connectivity index (χ1n) is 15.4. The number of carbonyl (C=O) groups is 3. The Morgan fingerprint density at radius 2 is 1.60 bits per heavy atom. The van der Waals surface area contributed by atoms with Crippen LogP contribution in [-0.4, -0.2) is 84.3 Å². The van der Waals surface area contributed by atoms with Gasteiger partial charge in [0.1, 0.15) is 43.4 Å². The Balaban J connectivity index is 0.000000376. The first kappa shape index (κ1) is 38.4. The van der Waals surface area contributed by atoms with Gasteiger partial charge in [-0.3, -0.25) is 0 Å². The van der Waals surface area contributed by atoms with Crippen molar-refractivity contribution in [2.45, 2.75) is 75.8 Å². The number of aromatic nitrogens is 1. The summed E-state index contributed by atoms with van der Waals surface area (Å²) < 4.78 is 72.9. The number of likely N-dealkylation sites (N-methyl/N-ethyl adjacent to an activating group) is 1. The quantitative estimate of drug-likeness (QED) is 0.361. The van der Waals surface area contributed by atoms with Gasteiger partial charge in [-0.1, -0.05) is 31.4 Å². The van der Waals surface area contributed by atoms with E-state index in [0.717, 1.165) is 48.2 Å². The average Bonchev–Trinajstić information content (AvgIpc) is 3.30. The zero-order valence-electron chi connectivity index (χ0n) is 26.6. The molecule has 1 aromatic carbocycles. The molecule has 0 amide bonds. The molecule has 1 aromatic heterocycles. The van der Waals surface area contributed by atoms with Crippen LogP contribution in [-0.2, 0) is 20.9 Å². The van der Waals surface area contributed by atoms with E-state index in [0.29, 0.717) is 18.1 Å². The lowest BCUT2D eigenvalue weighted by atomic mass is 9.81. The Bertz CT molecular complexity index is 1530. The van der Waals surface area contributed by atoms with Gasteiger partial charge in [-0.15, -0.1) is 0 Å². The van der Waals surface area contributed by atoms with E-state index in [-0.39, 0.29) is 6.04 Å². The number of quaternary nitrogens is 2. The van der Waals surface area contributed by atoms with Crippen LogP contribution in [0.25, 0.3) is 16.5 Å². The molecular weight excluding hydrogens is 652 g/mol. The van der Waals surface area contributed by atoms with Crippen molar-refractivity contribution in [3.63, 3.8) is 0 Å². The Morgan fingerprint density at radius 1 is 1.02 bits per heavy atom. The fourth-order valence-electron chi connectivity index (χ4n) is 6.30. The number of alkyl halides is 6. The number of ether oxygens (including phenoxy) is 1. The van der Waals surface area contributed by atoms with Gasteiger partial charge in [-0.05, 0) is 55.4 Å². The maximum absolute atomic E-state index is 11.9. The van der Waals surface area contributed by atoms with Crippen LogP contribution in [0.2, 0.25) is 0 Å². The molecule has 1 aliphatic heterocycles. The molecule has 1 saturated carbocycles. The summed E-state index contributed by atoms with van der Waals surface area (Å²) in [5.41, 5.74) is 9.59. The normalized spacial score (nSPS) is 18.6. The maximum atomic E-state index is 11.9. The van der Waals surface area contributed by atoms with E-state index < -0.39 is 30.3 Å². The maximum Gasteiger partial charge on any atom is 0.430 e. The number of fused-ring (bicyclic) bond motifs is 4. The minimum atomic E-state index is -5.19. The highest BCUT2D eigenvalue weighted by Crippen LogP contribution is 2.46. The lowest BCUT2D eigenvalue weighted by Gasteiger charge is -2.39. The summed E-state index contributed by atoms with van der Waals surface area (Å²) in [5.74, 6) is -5.36. The van der Waals surface area contributed by atoms with Crippen molar-refractivity contribution < 1.29 is 71.0 Å². The van der Waals surface area contributed by atoms with Crippen molar-refractivity contribution in [3.8, 4) is 0 Å². The summed E-state index contributed by atoms with van der Waals surface area (Å²) >= 11 is 0. The zero-order valence-corrected chi connectivity index (χ0v) is 26.6. The van der Waals surface area contributed by atoms with Crippen molar-refractivity contribution >= 4 is 34.4 Å². The average molecular weight is 692 g/mol. The van der Waals surface area contributed by atoms with Crippen molar-refractivity contribution in [1.82, 2.24) is 4.57 Å². The predicted molar refractivity (Wildman–Crippen MR) is 157 cm³/mol. The molecule has 0 spiro atoms. The number of carbonyl (C=O) groups excluding carboxylic acids is 2. The van der Waals surface area contributed by atoms with Gasteiger partial charge in [0, 0.05) is 16.5 Å². The molecule has 10 nitrogen and oxygen atoms in total. The molecule has 0 saturated heterocycles. The lowest BCUT2D eigenvalue weighted by Crippen LogP contribution is -2.62. The monoisotopic (exact) mass is 691 g/mol. The van der Waals surface area contributed by atoms with Crippen LogP contribution in [0.1, 0.15) is 72.5 Å². The lowest BCUT2D eigenvalue weighted by molar-refractivity contribution is -0.920. The number of benzene rings is 1. The molecule has 2 aliphatic carbocycles. The van der Waals surface area contributed by atoms with Crippen molar-refractivity contribution in [3.05, 3.63) is 52.9 Å². The summed E-state index contributed by atoms with van der Waals surface area (Å²) in [6, 6.07) is 6.02. The number of rotatable bonds is 5. The topological polar surface area (TPSA) is 159 Å². The van der Waals surface area contributed by atoms with Crippen LogP contribution in [0.3, 0.4) is 0 Å². The van der Waals surface area contributed by atoms with E-state index >= 15 is 0 Å². The smallest absolute Gasteiger partial charge is 0.430 e. The molecule has 266 valence electrons. The summed E-state index contributed by atoms with van der Waals surface area (Å²) in [6.45, 7) is 3.30. The third-order valence-electron chi connectivity index (χ3n) is 8.79. The molecule has 48 heavy (non-hydrogen) atoms. The predicted octanol–water partition coefficient (Wildman–Crippen LogP) is 2.76. The Morgan fingerprint density at radius 3 is 2.12 bits per heavy atom. The van der Waals surface area contributed by atoms with Crippen LogP contribution in [0.5, 0.6) is 0 Å². The number of carboxylic acid groups (broad SMARTS) is 3. The number of carboxylic acids is 3. The van der Waals surface area contributed by atoms with E-state index in [1.807, 2.05) is 6.07 Å². The summed E-state index contributed by atoms with van der Waals surface area (Å²) in [4.78, 5) is 29.5. The third-order valence-corrected chi connectivity index (χ3v) is 8.79. The first-order valence-corrected chi connectivity index (χ1v) is 15.4. The molecule has 3 aliphatic rings. The molecule has 1 unspecified atom stereocenters. The number of allylic oxidation sites excluding steroid dienone is 3. The molecule has 4 N–H and O–H groups in total. The fourth-order valence-corrected chi connectivity index (χ4v) is 6.30. The first-order chi connectivity index (χ1) is 22.3. The summed E-state index contributed by atoms with van der Waals surface area (Å²) in [5, 5.41) is 28.6.